The molecule has 0 spiro atoms. The predicted molar refractivity (Wildman–Crippen MR) is 54.7 cm³/mol. The zero-order chi connectivity index (χ0) is 10.4. The summed E-state index contributed by atoms with van der Waals surface area (Å²) >= 11 is 1.34. The van der Waals surface area contributed by atoms with E-state index in [1.165, 1.54) is 21.6 Å². The van der Waals surface area contributed by atoms with E-state index in [-0.39, 0.29) is 11.8 Å². The quantitative estimate of drug-likeness (QED) is 0.642. The number of amides is 2. The smallest absolute Gasteiger partial charge is 0.232 e. The molecule has 0 saturated carbocycles. The van der Waals surface area contributed by atoms with Crippen LogP contribution in [0.1, 0.15) is 0 Å². The van der Waals surface area contributed by atoms with Gasteiger partial charge in [0.25, 0.3) is 0 Å². The van der Waals surface area contributed by atoms with Crippen LogP contribution in [-0.2, 0) is 9.59 Å². The van der Waals surface area contributed by atoms with Crippen molar-refractivity contribution < 1.29 is 9.59 Å². The first-order valence-corrected chi connectivity index (χ1v) is 5.08. The molecule has 5 heteroatoms. The van der Waals surface area contributed by atoms with E-state index in [2.05, 4.69) is 0 Å². The van der Waals surface area contributed by atoms with Crippen molar-refractivity contribution in [2.45, 2.75) is 0 Å². The van der Waals surface area contributed by atoms with Crippen molar-refractivity contribution in [2.24, 2.45) is 0 Å². The van der Waals surface area contributed by atoms with E-state index in [9.17, 15) is 9.59 Å². The van der Waals surface area contributed by atoms with Crippen LogP contribution in [-0.4, -0.2) is 61.3 Å². The number of nitrogens with zero attached hydrogens (tertiary/aromatic N) is 2. The van der Waals surface area contributed by atoms with Crippen molar-refractivity contribution in [3.63, 3.8) is 0 Å². The first kappa shape index (κ1) is 12.3. The van der Waals surface area contributed by atoms with Crippen LogP contribution in [0.15, 0.2) is 0 Å². The van der Waals surface area contributed by atoms with Crippen LogP contribution in [0.2, 0.25) is 0 Å². The SMILES string of the molecule is CN(C)C(=O)CSCC(=O)N(C)C. The molecule has 76 valence electrons. The van der Waals surface area contributed by atoms with Gasteiger partial charge in [0.15, 0.2) is 0 Å². The average Bonchev–Trinajstić information content (AvgIpc) is 2.03. The summed E-state index contributed by atoms with van der Waals surface area (Å²) in [5.74, 6) is 0.812. The Morgan fingerprint density at radius 1 is 0.923 bits per heavy atom. The minimum atomic E-state index is 0.0385. The lowest BCUT2D eigenvalue weighted by Crippen LogP contribution is -2.26. The fraction of sp³-hybridized carbons (Fsp3) is 0.750. The Bertz CT molecular complexity index is 173. The molecule has 0 rings (SSSR count). The molecule has 0 aliphatic carbocycles. The molecule has 0 atom stereocenters. The minimum Gasteiger partial charge on any atom is -0.348 e. The third-order valence-electron chi connectivity index (χ3n) is 1.45. The Labute approximate surface area is 83.3 Å². The summed E-state index contributed by atoms with van der Waals surface area (Å²) in [7, 11) is 6.82. The zero-order valence-electron chi connectivity index (χ0n) is 8.53. The largest absolute Gasteiger partial charge is 0.348 e. The van der Waals surface area contributed by atoms with E-state index in [0.29, 0.717) is 11.5 Å². The molecule has 0 aliphatic rings. The topological polar surface area (TPSA) is 40.6 Å². The Morgan fingerprint density at radius 3 is 1.46 bits per heavy atom. The predicted octanol–water partition coefficient (Wildman–Crippen LogP) is -0.104. The van der Waals surface area contributed by atoms with Gasteiger partial charge in [0.2, 0.25) is 11.8 Å². The Balaban J connectivity index is 3.57. The Hall–Kier alpha value is -0.710. The standard InChI is InChI=1S/C8H16N2O2S/c1-9(2)7(11)5-13-6-8(12)10(3)4/h5-6H2,1-4H3. The molecule has 13 heavy (non-hydrogen) atoms. The van der Waals surface area contributed by atoms with Gasteiger partial charge in [-0.15, -0.1) is 11.8 Å². The van der Waals surface area contributed by atoms with Crippen molar-refractivity contribution in [1.82, 2.24) is 9.80 Å². The zero-order valence-corrected chi connectivity index (χ0v) is 9.35. The van der Waals surface area contributed by atoms with E-state index >= 15 is 0 Å². The summed E-state index contributed by atoms with van der Waals surface area (Å²) in [4.78, 5) is 25.2. The highest BCUT2D eigenvalue weighted by Crippen LogP contribution is 2.01. The molecule has 0 N–H and O–H groups in total. The van der Waals surface area contributed by atoms with Crippen molar-refractivity contribution in [1.29, 1.82) is 0 Å². The first-order valence-electron chi connectivity index (χ1n) is 3.93. The van der Waals surface area contributed by atoms with E-state index in [4.69, 9.17) is 0 Å². The molecule has 0 aliphatic heterocycles. The van der Waals surface area contributed by atoms with Gasteiger partial charge in [0, 0.05) is 28.2 Å². The van der Waals surface area contributed by atoms with E-state index in [1.807, 2.05) is 0 Å². The normalized spacial score (nSPS) is 9.54. The second-order valence-electron chi connectivity index (χ2n) is 3.07. The molecule has 0 heterocycles. The maximum absolute atomic E-state index is 11.1. The molecule has 0 fully saturated rings. The average molecular weight is 204 g/mol. The van der Waals surface area contributed by atoms with Crippen LogP contribution in [0.5, 0.6) is 0 Å². The highest BCUT2D eigenvalue weighted by Gasteiger charge is 2.07. The lowest BCUT2D eigenvalue weighted by Gasteiger charge is -2.11. The van der Waals surface area contributed by atoms with Gasteiger partial charge in [-0.1, -0.05) is 0 Å². The molecule has 2 amide bonds. The highest BCUT2D eigenvalue weighted by molar-refractivity contribution is 8.00. The van der Waals surface area contributed by atoms with Crippen molar-refractivity contribution in [2.75, 3.05) is 39.7 Å². The number of hydrogen-bond acceptors (Lipinski definition) is 3. The highest BCUT2D eigenvalue weighted by atomic mass is 32.2. The third kappa shape index (κ3) is 5.52. The second-order valence-corrected chi connectivity index (χ2v) is 4.05. The van der Waals surface area contributed by atoms with Crippen molar-refractivity contribution in [3.8, 4) is 0 Å². The molecule has 0 bridgehead atoms. The maximum atomic E-state index is 11.1. The number of hydrogen-bond donors (Lipinski definition) is 0. The monoisotopic (exact) mass is 204 g/mol. The minimum absolute atomic E-state index is 0.0385. The van der Waals surface area contributed by atoms with Gasteiger partial charge >= 0.3 is 0 Å². The van der Waals surface area contributed by atoms with Gasteiger partial charge in [-0.25, -0.2) is 0 Å². The molecule has 0 aromatic rings. The molecular weight excluding hydrogens is 188 g/mol. The maximum Gasteiger partial charge on any atom is 0.232 e. The molecular formula is C8H16N2O2S. The van der Waals surface area contributed by atoms with E-state index < -0.39 is 0 Å². The summed E-state index contributed by atoms with van der Waals surface area (Å²) < 4.78 is 0. The van der Waals surface area contributed by atoms with Gasteiger partial charge in [0.1, 0.15) is 0 Å². The lowest BCUT2D eigenvalue weighted by atomic mass is 10.6. The summed E-state index contributed by atoms with van der Waals surface area (Å²) in [6, 6.07) is 0. The first-order chi connectivity index (χ1) is 5.95. The number of carbonyl (C=O) groups excluding carboxylic acids is 2. The number of rotatable bonds is 4. The van der Waals surface area contributed by atoms with Gasteiger partial charge in [-0.2, -0.15) is 0 Å². The van der Waals surface area contributed by atoms with Crippen molar-refractivity contribution in [3.05, 3.63) is 0 Å². The molecule has 0 aromatic carbocycles. The van der Waals surface area contributed by atoms with Crippen LogP contribution in [0.3, 0.4) is 0 Å². The van der Waals surface area contributed by atoms with Gasteiger partial charge in [-0.05, 0) is 0 Å². The number of carbonyl (C=O) groups is 2. The van der Waals surface area contributed by atoms with Crippen LogP contribution in [0.25, 0.3) is 0 Å². The molecule has 0 saturated heterocycles. The van der Waals surface area contributed by atoms with E-state index in [1.54, 1.807) is 28.2 Å². The van der Waals surface area contributed by atoms with Crippen molar-refractivity contribution >= 4 is 23.6 Å². The molecule has 4 nitrogen and oxygen atoms in total. The summed E-state index contributed by atoms with van der Waals surface area (Å²) in [5.41, 5.74) is 0. The van der Waals surface area contributed by atoms with Crippen LogP contribution >= 0.6 is 11.8 Å². The third-order valence-corrected chi connectivity index (χ3v) is 2.35. The Kier molecular flexibility index (Phi) is 5.53. The Morgan fingerprint density at radius 2 is 1.23 bits per heavy atom. The number of thioether (sulfide) groups is 1. The van der Waals surface area contributed by atoms with Crippen LogP contribution in [0, 0.1) is 0 Å². The van der Waals surface area contributed by atoms with Crippen LogP contribution in [0.4, 0.5) is 0 Å². The summed E-state index contributed by atoms with van der Waals surface area (Å²) in [5, 5.41) is 0. The fourth-order valence-corrected chi connectivity index (χ4v) is 1.45. The molecule has 0 unspecified atom stereocenters. The van der Waals surface area contributed by atoms with Crippen LogP contribution < -0.4 is 0 Å². The second kappa shape index (κ2) is 5.85. The summed E-state index contributed by atoms with van der Waals surface area (Å²) in [6.45, 7) is 0. The molecule has 0 aromatic heterocycles. The van der Waals surface area contributed by atoms with E-state index in [0.717, 1.165) is 0 Å². The van der Waals surface area contributed by atoms with Gasteiger partial charge in [0.05, 0.1) is 11.5 Å². The lowest BCUT2D eigenvalue weighted by molar-refractivity contribution is -0.126. The van der Waals surface area contributed by atoms with Gasteiger partial charge < -0.3 is 9.80 Å². The fourth-order valence-electron chi connectivity index (χ4n) is 0.484. The summed E-state index contributed by atoms with van der Waals surface area (Å²) in [6.07, 6.45) is 0. The van der Waals surface area contributed by atoms with Gasteiger partial charge in [-0.3, -0.25) is 9.59 Å². The molecule has 0 radical (unpaired) electrons.